The maximum atomic E-state index is 6.37. The van der Waals surface area contributed by atoms with E-state index >= 15 is 0 Å². The normalized spacial score (nSPS) is 11.0. The highest BCUT2D eigenvalue weighted by molar-refractivity contribution is 7.80. The molecule has 0 saturated heterocycles. The minimum Gasteiger partial charge on any atom is -0.495 e. The fourth-order valence-corrected chi connectivity index (χ4v) is 3.94. The van der Waals surface area contributed by atoms with Crippen LogP contribution in [0.15, 0.2) is 52.9 Å². The standard InChI is InChI=1S/C22H19ClN2O2S/c1-12-8-13(2)21(16(23)9-12)25-22(28)24-17-11-19-15(10-20(17)26-3)14-6-4-5-7-18(14)27-19/h4-11H,1-3H3,(H2,24,25,28). The Hall–Kier alpha value is -2.76. The van der Waals surface area contributed by atoms with Gasteiger partial charge in [0.25, 0.3) is 0 Å². The number of benzene rings is 3. The smallest absolute Gasteiger partial charge is 0.175 e. The lowest BCUT2D eigenvalue weighted by molar-refractivity contribution is 0.417. The van der Waals surface area contributed by atoms with Gasteiger partial charge in [0.05, 0.1) is 23.5 Å². The molecule has 0 aliphatic carbocycles. The minimum absolute atomic E-state index is 0.419. The lowest BCUT2D eigenvalue weighted by Crippen LogP contribution is -2.20. The molecule has 0 atom stereocenters. The number of ether oxygens (including phenoxy) is 1. The summed E-state index contributed by atoms with van der Waals surface area (Å²) in [6.07, 6.45) is 0. The summed E-state index contributed by atoms with van der Waals surface area (Å²) in [7, 11) is 1.63. The van der Waals surface area contributed by atoms with Crippen LogP contribution in [0, 0.1) is 13.8 Å². The molecule has 3 aromatic carbocycles. The van der Waals surface area contributed by atoms with Gasteiger partial charge < -0.3 is 19.8 Å². The molecule has 0 fully saturated rings. The SMILES string of the molecule is COc1cc2c(cc1NC(=S)Nc1c(C)cc(C)cc1Cl)oc1ccccc12. The van der Waals surface area contributed by atoms with E-state index in [1.165, 1.54) is 0 Å². The quantitative estimate of drug-likeness (QED) is 0.369. The number of hydrogen-bond acceptors (Lipinski definition) is 3. The molecule has 4 rings (SSSR count). The van der Waals surface area contributed by atoms with E-state index in [0.29, 0.717) is 21.6 Å². The van der Waals surface area contributed by atoms with E-state index in [1.807, 2.05) is 56.3 Å². The van der Waals surface area contributed by atoms with Crippen LogP contribution in [-0.2, 0) is 0 Å². The lowest BCUT2D eigenvalue weighted by Gasteiger charge is -2.16. The summed E-state index contributed by atoms with van der Waals surface area (Å²) in [6, 6.07) is 15.7. The predicted molar refractivity (Wildman–Crippen MR) is 121 cm³/mol. The van der Waals surface area contributed by atoms with Crippen LogP contribution < -0.4 is 15.4 Å². The van der Waals surface area contributed by atoms with Crippen molar-refractivity contribution < 1.29 is 9.15 Å². The molecule has 0 aliphatic heterocycles. The second kappa shape index (κ2) is 7.34. The minimum atomic E-state index is 0.419. The first-order chi connectivity index (χ1) is 13.5. The van der Waals surface area contributed by atoms with Gasteiger partial charge in [0, 0.05) is 16.8 Å². The van der Waals surface area contributed by atoms with Crippen LogP contribution in [0.2, 0.25) is 5.02 Å². The molecule has 1 aromatic heterocycles. The van der Waals surface area contributed by atoms with E-state index in [4.69, 9.17) is 33.0 Å². The van der Waals surface area contributed by atoms with Crippen molar-refractivity contribution in [1.29, 1.82) is 0 Å². The maximum Gasteiger partial charge on any atom is 0.175 e. The van der Waals surface area contributed by atoms with Gasteiger partial charge in [-0.3, -0.25) is 0 Å². The van der Waals surface area contributed by atoms with Crippen LogP contribution in [0.3, 0.4) is 0 Å². The van der Waals surface area contributed by atoms with Gasteiger partial charge >= 0.3 is 0 Å². The molecule has 0 aliphatic rings. The topological polar surface area (TPSA) is 46.4 Å². The summed E-state index contributed by atoms with van der Waals surface area (Å²) in [5, 5.41) is 9.46. The van der Waals surface area contributed by atoms with Gasteiger partial charge in [0.2, 0.25) is 0 Å². The van der Waals surface area contributed by atoms with Gasteiger partial charge in [-0.05, 0) is 55.4 Å². The molecule has 1 heterocycles. The highest BCUT2D eigenvalue weighted by Crippen LogP contribution is 2.36. The number of halogens is 1. The van der Waals surface area contributed by atoms with Gasteiger partial charge in [0.1, 0.15) is 16.9 Å². The molecule has 0 saturated carbocycles. The monoisotopic (exact) mass is 410 g/mol. The van der Waals surface area contributed by atoms with Crippen LogP contribution >= 0.6 is 23.8 Å². The zero-order valence-corrected chi connectivity index (χ0v) is 17.3. The highest BCUT2D eigenvalue weighted by Gasteiger charge is 2.14. The number of hydrogen-bond donors (Lipinski definition) is 2. The Kier molecular flexibility index (Phi) is 4.87. The summed E-state index contributed by atoms with van der Waals surface area (Å²) < 4.78 is 11.5. The zero-order valence-electron chi connectivity index (χ0n) is 15.7. The molecule has 2 N–H and O–H groups in total. The highest BCUT2D eigenvalue weighted by atomic mass is 35.5. The number of fused-ring (bicyclic) bond motifs is 3. The van der Waals surface area contributed by atoms with Gasteiger partial charge in [-0.15, -0.1) is 0 Å². The number of rotatable bonds is 3. The molecule has 4 nitrogen and oxygen atoms in total. The first-order valence-corrected chi connectivity index (χ1v) is 9.59. The van der Waals surface area contributed by atoms with Crippen LogP contribution in [-0.4, -0.2) is 12.2 Å². The number of aryl methyl sites for hydroxylation is 2. The van der Waals surface area contributed by atoms with Gasteiger partial charge in [-0.1, -0.05) is 35.9 Å². The number of furan rings is 1. The third-order valence-electron chi connectivity index (χ3n) is 4.62. The van der Waals surface area contributed by atoms with E-state index in [1.54, 1.807) is 7.11 Å². The number of anilines is 2. The largest absolute Gasteiger partial charge is 0.495 e. The Morgan fingerprint density at radius 3 is 2.54 bits per heavy atom. The van der Waals surface area contributed by atoms with Crippen molar-refractivity contribution in [3.8, 4) is 5.75 Å². The van der Waals surface area contributed by atoms with Crippen molar-refractivity contribution in [2.24, 2.45) is 0 Å². The van der Waals surface area contributed by atoms with E-state index in [9.17, 15) is 0 Å². The van der Waals surface area contributed by atoms with Crippen molar-refractivity contribution in [1.82, 2.24) is 0 Å². The van der Waals surface area contributed by atoms with Crippen molar-refractivity contribution >= 4 is 62.2 Å². The number of thiocarbonyl (C=S) groups is 1. The summed E-state index contributed by atoms with van der Waals surface area (Å²) >= 11 is 11.9. The van der Waals surface area contributed by atoms with Crippen molar-refractivity contribution in [2.45, 2.75) is 13.8 Å². The molecule has 142 valence electrons. The fraction of sp³-hybridized carbons (Fsp3) is 0.136. The van der Waals surface area contributed by atoms with Gasteiger partial charge in [-0.25, -0.2) is 0 Å². The number of para-hydroxylation sites is 1. The molecule has 0 radical (unpaired) electrons. The van der Waals surface area contributed by atoms with E-state index < -0.39 is 0 Å². The average Bonchev–Trinajstić information content (AvgIpc) is 3.01. The second-order valence-electron chi connectivity index (χ2n) is 6.66. The Labute approximate surface area is 173 Å². The maximum absolute atomic E-state index is 6.37. The fourth-order valence-electron chi connectivity index (χ4n) is 3.36. The van der Waals surface area contributed by atoms with Crippen LogP contribution in [0.25, 0.3) is 21.9 Å². The molecule has 0 bridgehead atoms. The predicted octanol–water partition coefficient (Wildman–Crippen LogP) is 6.67. The average molecular weight is 411 g/mol. The van der Waals surface area contributed by atoms with Crippen molar-refractivity contribution in [2.75, 3.05) is 17.7 Å². The summed E-state index contributed by atoms with van der Waals surface area (Å²) in [4.78, 5) is 0. The third-order valence-corrected chi connectivity index (χ3v) is 5.12. The number of methoxy groups -OCH3 is 1. The molecule has 4 aromatic rings. The first kappa shape index (κ1) is 18.6. The first-order valence-electron chi connectivity index (χ1n) is 8.80. The molecule has 0 amide bonds. The van der Waals surface area contributed by atoms with Crippen molar-refractivity contribution in [3.63, 3.8) is 0 Å². The zero-order chi connectivity index (χ0) is 19.8. The summed E-state index contributed by atoms with van der Waals surface area (Å²) in [6.45, 7) is 4.00. The summed E-state index contributed by atoms with van der Waals surface area (Å²) in [5.41, 5.74) is 5.22. The molecule has 28 heavy (non-hydrogen) atoms. The third kappa shape index (κ3) is 3.39. The summed E-state index contributed by atoms with van der Waals surface area (Å²) in [5.74, 6) is 0.676. The van der Waals surface area contributed by atoms with E-state index in [2.05, 4.69) is 16.7 Å². The van der Waals surface area contributed by atoms with Gasteiger partial charge in [0.15, 0.2) is 5.11 Å². The Balaban J connectivity index is 1.67. The number of nitrogens with one attached hydrogen (secondary N) is 2. The van der Waals surface area contributed by atoms with E-state index in [-0.39, 0.29) is 0 Å². The molecular weight excluding hydrogens is 392 g/mol. The van der Waals surface area contributed by atoms with Crippen LogP contribution in [0.1, 0.15) is 11.1 Å². The van der Waals surface area contributed by atoms with Crippen LogP contribution in [0.4, 0.5) is 11.4 Å². The molecule has 0 unspecified atom stereocenters. The Morgan fingerprint density at radius 1 is 1.00 bits per heavy atom. The Bertz CT molecular complexity index is 1190. The van der Waals surface area contributed by atoms with Gasteiger partial charge in [-0.2, -0.15) is 0 Å². The molecule has 6 heteroatoms. The Morgan fingerprint density at radius 2 is 1.79 bits per heavy atom. The lowest BCUT2D eigenvalue weighted by atomic mass is 10.1. The molecule has 0 spiro atoms. The van der Waals surface area contributed by atoms with Crippen molar-refractivity contribution in [3.05, 3.63) is 64.7 Å². The molecular formula is C22H19ClN2O2S. The van der Waals surface area contributed by atoms with E-state index in [0.717, 1.165) is 38.8 Å². The second-order valence-corrected chi connectivity index (χ2v) is 7.48. The van der Waals surface area contributed by atoms with Crippen LogP contribution in [0.5, 0.6) is 5.75 Å².